The van der Waals surface area contributed by atoms with Crippen LogP contribution >= 0.6 is 0 Å². The zero-order valence-electron chi connectivity index (χ0n) is 15.9. The molecule has 0 bridgehead atoms. The molecule has 0 radical (unpaired) electrons. The Bertz CT molecular complexity index is 730. The van der Waals surface area contributed by atoms with Crippen LogP contribution in [0.25, 0.3) is 0 Å². The largest absolute Gasteiger partial charge is 0.469 e. The molecule has 2 fully saturated rings. The summed E-state index contributed by atoms with van der Waals surface area (Å²) >= 11 is 0. The number of carbonyl (C=O) groups is 1. The van der Waals surface area contributed by atoms with Crippen LogP contribution in [0.2, 0.25) is 0 Å². The van der Waals surface area contributed by atoms with Crippen molar-refractivity contribution < 1.29 is 17.9 Å². The summed E-state index contributed by atoms with van der Waals surface area (Å²) in [6, 6.07) is 7.40. The number of hydrogen-bond acceptors (Lipinski definition) is 5. The molecule has 1 aromatic carbocycles. The van der Waals surface area contributed by atoms with E-state index in [0.29, 0.717) is 44.1 Å². The third kappa shape index (κ3) is 5.00. The van der Waals surface area contributed by atoms with Crippen LogP contribution in [0.4, 0.5) is 5.69 Å². The van der Waals surface area contributed by atoms with Gasteiger partial charge in [0.15, 0.2) is 0 Å². The summed E-state index contributed by atoms with van der Waals surface area (Å²) in [6.45, 7) is 3.69. The lowest BCUT2D eigenvalue weighted by molar-refractivity contribution is -0.140. The molecule has 0 spiro atoms. The average molecular weight is 396 g/mol. The maximum Gasteiger partial charge on any atom is 0.305 e. The van der Waals surface area contributed by atoms with Crippen LogP contribution in [0.5, 0.6) is 0 Å². The number of aryl methyl sites for hydroxylation is 1. The standard InChI is InChI=1S/C19H29N3O4S/c1-26-19(23)7-4-16-2-5-18(6-3-16)22-15-14-21(27(22,24)25)13-10-17-8-11-20-12-9-17/h2-3,5-6,17,20H,4,7-15H2,1H3. The summed E-state index contributed by atoms with van der Waals surface area (Å²) in [5.74, 6) is 0.371. The monoisotopic (exact) mass is 395 g/mol. The van der Waals surface area contributed by atoms with Crippen molar-refractivity contribution in [3.8, 4) is 0 Å². The number of piperidine rings is 1. The molecule has 1 N–H and O–H groups in total. The van der Waals surface area contributed by atoms with E-state index in [-0.39, 0.29) is 5.97 Å². The van der Waals surface area contributed by atoms with Gasteiger partial charge in [-0.2, -0.15) is 12.7 Å². The zero-order valence-corrected chi connectivity index (χ0v) is 16.7. The fourth-order valence-electron chi connectivity index (χ4n) is 3.74. The van der Waals surface area contributed by atoms with Crippen molar-refractivity contribution in [2.24, 2.45) is 5.92 Å². The Morgan fingerprint density at radius 1 is 1.19 bits per heavy atom. The number of nitrogens with zero attached hydrogens (tertiary/aromatic N) is 2. The van der Waals surface area contributed by atoms with Crippen LogP contribution in [-0.4, -0.2) is 58.5 Å². The van der Waals surface area contributed by atoms with Crippen molar-refractivity contribution in [1.29, 1.82) is 0 Å². The Morgan fingerprint density at radius 2 is 1.89 bits per heavy atom. The third-order valence-electron chi connectivity index (χ3n) is 5.47. The molecule has 8 heteroatoms. The van der Waals surface area contributed by atoms with E-state index >= 15 is 0 Å². The average Bonchev–Trinajstić information content (AvgIpc) is 2.99. The van der Waals surface area contributed by atoms with Gasteiger partial charge in [0.25, 0.3) is 0 Å². The van der Waals surface area contributed by atoms with Crippen molar-refractivity contribution in [3.63, 3.8) is 0 Å². The molecule has 150 valence electrons. The highest BCUT2D eigenvalue weighted by Gasteiger charge is 2.36. The minimum Gasteiger partial charge on any atom is -0.469 e. The molecular formula is C19H29N3O4S. The van der Waals surface area contributed by atoms with Gasteiger partial charge in [-0.15, -0.1) is 0 Å². The van der Waals surface area contributed by atoms with E-state index in [1.165, 1.54) is 11.4 Å². The van der Waals surface area contributed by atoms with E-state index in [1.807, 2.05) is 24.3 Å². The molecule has 2 saturated heterocycles. The molecule has 7 nitrogen and oxygen atoms in total. The summed E-state index contributed by atoms with van der Waals surface area (Å²) in [7, 11) is -2.07. The van der Waals surface area contributed by atoms with E-state index in [4.69, 9.17) is 0 Å². The predicted molar refractivity (Wildman–Crippen MR) is 105 cm³/mol. The molecule has 0 amide bonds. The third-order valence-corrected chi connectivity index (χ3v) is 7.44. The molecule has 0 atom stereocenters. The van der Waals surface area contributed by atoms with Gasteiger partial charge >= 0.3 is 16.2 Å². The second-order valence-electron chi connectivity index (χ2n) is 7.20. The maximum atomic E-state index is 12.9. The Kier molecular flexibility index (Phi) is 6.73. The predicted octanol–water partition coefficient (Wildman–Crippen LogP) is 1.55. The minimum atomic E-state index is -3.45. The van der Waals surface area contributed by atoms with Gasteiger partial charge in [-0.25, -0.2) is 0 Å². The number of anilines is 1. The highest BCUT2D eigenvalue weighted by Crippen LogP contribution is 2.27. The highest BCUT2D eigenvalue weighted by molar-refractivity contribution is 7.90. The highest BCUT2D eigenvalue weighted by atomic mass is 32.2. The number of methoxy groups -OCH3 is 1. The summed E-state index contributed by atoms with van der Waals surface area (Å²) < 4.78 is 33.5. The molecule has 2 aliphatic rings. The first-order chi connectivity index (χ1) is 13.0. The van der Waals surface area contributed by atoms with E-state index in [2.05, 4.69) is 10.1 Å². The van der Waals surface area contributed by atoms with Crippen molar-refractivity contribution >= 4 is 21.9 Å². The second-order valence-corrected chi connectivity index (χ2v) is 9.06. The quantitative estimate of drug-likeness (QED) is 0.709. The fraction of sp³-hybridized carbons (Fsp3) is 0.632. The van der Waals surface area contributed by atoms with E-state index in [0.717, 1.165) is 37.9 Å². The van der Waals surface area contributed by atoms with Gasteiger partial charge in [0, 0.05) is 26.1 Å². The number of hydrogen-bond donors (Lipinski definition) is 1. The Balaban J connectivity index is 1.57. The lowest BCUT2D eigenvalue weighted by Gasteiger charge is -2.25. The van der Waals surface area contributed by atoms with Gasteiger partial charge in [0.2, 0.25) is 0 Å². The Morgan fingerprint density at radius 3 is 2.56 bits per heavy atom. The molecule has 0 aliphatic carbocycles. The van der Waals surface area contributed by atoms with E-state index in [1.54, 1.807) is 4.31 Å². The number of carbonyl (C=O) groups excluding carboxylic acids is 1. The van der Waals surface area contributed by atoms with Crippen molar-refractivity contribution in [1.82, 2.24) is 9.62 Å². The Hall–Kier alpha value is -1.64. The summed E-state index contributed by atoms with van der Waals surface area (Å²) in [4.78, 5) is 11.2. The van der Waals surface area contributed by atoms with Gasteiger partial charge in [-0.3, -0.25) is 9.10 Å². The first-order valence-corrected chi connectivity index (χ1v) is 11.0. The molecule has 2 aliphatic heterocycles. The van der Waals surface area contributed by atoms with Gasteiger partial charge in [-0.1, -0.05) is 12.1 Å². The van der Waals surface area contributed by atoms with E-state index in [9.17, 15) is 13.2 Å². The number of nitrogens with one attached hydrogen (secondary N) is 1. The summed E-state index contributed by atoms with van der Waals surface area (Å²) in [6.07, 6.45) is 4.10. The number of esters is 1. The maximum absolute atomic E-state index is 12.9. The van der Waals surface area contributed by atoms with Crippen LogP contribution in [0.3, 0.4) is 0 Å². The van der Waals surface area contributed by atoms with Crippen LogP contribution < -0.4 is 9.62 Å². The molecule has 0 aromatic heterocycles. The van der Waals surface area contributed by atoms with Crippen molar-refractivity contribution in [2.75, 3.05) is 44.1 Å². The van der Waals surface area contributed by atoms with Crippen molar-refractivity contribution in [2.45, 2.75) is 32.1 Å². The SMILES string of the molecule is COC(=O)CCc1ccc(N2CCN(CCC3CCNCC3)S2(=O)=O)cc1. The topological polar surface area (TPSA) is 79.0 Å². The molecule has 27 heavy (non-hydrogen) atoms. The normalized spacial score (nSPS) is 20.7. The van der Waals surface area contributed by atoms with Crippen LogP contribution in [0.15, 0.2) is 24.3 Å². The van der Waals surface area contributed by atoms with Gasteiger partial charge in [0.1, 0.15) is 0 Å². The summed E-state index contributed by atoms with van der Waals surface area (Å²) in [5.41, 5.74) is 1.67. The minimum absolute atomic E-state index is 0.245. The van der Waals surface area contributed by atoms with Crippen LogP contribution in [0.1, 0.15) is 31.2 Å². The lowest BCUT2D eigenvalue weighted by atomic mass is 9.95. The lowest BCUT2D eigenvalue weighted by Crippen LogP contribution is -2.35. The van der Waals surface area contributed by atoms with Gasteiger partial charge < -0.3 is 10.1 Å². The van der Waals surface area contributed by atoms with Crippen LogP contribution in [0, 0.1) is 5.92 Å². The number of ether oxygens (including phenoxy) is 1. The van der Waals surface area contributed by atoms with Gasteiger partial charge in [0.05, 0.1) is 12.8 Å². The number of rotatable bonds is 7. The Labute approximate surface area is 161 Å². The van der Waals surface area contributed by atoms with Crippen molar-refractivity contribution in [3.05, 3.63) is 29.8 Å². The summed E-state index contributed by atoms with van der Waals surface area (Å²) in [5, 5.41) is 3.34. The van der Waals surface area contributed by atoms with Gasteiger partial charge in [-0.05, 0) is 62.4 Å². The molecule has 1 aromatic rings. The zero-order chi connectivity index (χ0) is 19.3. The fourth-order valence-corrected chi connectivity index (χ4v) is 5.36. The molecule has 0 unspecified atom stereocenters. The first-order valence-electron chi connectivity index (χ1n) is 9.65. The molecular weight excluding hydrogens is 366 g/mol. The first kappa shape index (κ1) is 20.1. The smallest absolute Gasteiger partial charge is 0.305 e. The molecule has 0 saturated carbocycles. The molecule has 3 rings (SSSR count). The number of benzene rings is 1. The van der Waals surface area contributed by atoms with E-state index < -0.39 is 10.2 Å². The van der Waals surface area contributed by atoms with Crippen LogP contribution in [-0.2, 0) is 26.2 Å². The second kappa shape index (κ2) is 9.03. The molecule has 2 heterocycles.